The first kappa shape index (κ1) is 18.7. The first-order valence-electron chi connectivity index (χ1n) is 9.31. The molecule has 0 fully saturated rings. The molecule has 1 amide bonds. The van der Waals surface area contributed by atoms with E-state index < -0.39 is 22.3 Å². The van der Waals surface area contributed by atoms with E-state index in [1.807, 2.05) is 12.1 Å². The van der Waals surface area contributed by atoms with Gasteiger partial charge in [-0.25, -0.2) is 0 Å². The van der Waals surface area contributed by atoms with Crippen molar-refractivity contribution in [3.63, 3.8) is 0 Å². The molecule has 0 saturated carbocycles. The summed E-state index contributed by atoms with van der Waals surface area (Å²) in [4.78, 5) is 22.4. The van der Waals surface area contributed by atoms with Crippen LogP contribution in [0.25, 0.3) is 11.4 Å². The zero-order valence-corrected chi connectivity index (χ0v) is 15.5. The van der Waals surface area contributed by atoms with Gasteiger partial charge in [0.05, 0.1) is 4.92 Å². The van der Waals surface area contributed by atoms with E-state index in [2.05, 4.69) is 20.1 Å². The van der Waals surface area contributed by atoms with Gasteiger partial charge in [0.15, 0.2) is 5.82 Å². The quantitative estimate of drug-likeness (QED) is 0.532. The van der Waals surface area contributed by atoms with E-state index in [4.69, 9.17) is 0 Å². The molecule has 0 bridgehead atoms. The standard InChI is InChI=1S/C20H18FN5O3/c21-16-10-7-14(12-17(16)26(28)29)20(27)22-15-8-5-13(6-9-15)19-24-23-18-4-2-1-3-11-25(18)19/h5-10,12H,1-4,11H2,(H,22,27). The summed E-state index contributed by atoms with van der Waals surface area (Å²) in [5.41, 5.74) is 0.674. The van der Waals surface area contributed by atoms with Crippen molar-refractivity contribution in [1.82, 2.24) is 14.8 Å². The lowest BCUT2D eigenvalue weighted by molar-refractivity contribution is -0.387. The second-order valence-corrected chi connectivity index (χ2v) is 6.86. The third kappa shape index (κ3) is 3.84. The van der Waals surface area contributed by atoms with E-state index in [1.165, 1.54) is 12.5 Å². The van der Waals surface area contributed by atoms with Gasteiger partial charge in [0, 0.05) is 35.8 Å². The van der Waals surface area contributed by atoms with E-state index in [0.29, 0.717) is 5.69 Å². The van der Waals surface area contributed by atoms with Gasteiger partial charge in [-0.05, 0) is 49.2 Å². The van der Waals surface area contributed by atoms with Gasteiger partial charge < -0.3 is 9.88 Å². The smallest absolute Gasteiger partial charge is 0.305 e. The first-order chi connectivity index (χ1) is 14.0. The summed E-state index contributed by atoms with van der Waals surface area (Å²) in [6.07, 6.45) is 4.31. The van der Waals surface area contributed by atoms with Gasteiger partial charge >= 0.3 is 5.69 Å². The van der Waals surface area contributed by atoms with Crippen LogP contribution < -0.4 is 5.32 Å². The Balaban J connectivity index is 1.52. The molecule has 148 valence electrons. The van der Waals surface area contributed by atoms with Crippen LogP contribution in [-0.4, -0.2) is 25.6 Å². The maximum atomic E-state index is 13.4. The molecule has 4 rings (SSSR count). The highest BCUT2D eigenvalue weighted by atomic mass is 19.1. The van der Waals surface area contributed by atoms with Gasteiger partial charge in [-0.1, -0.05) is 6.42 Å². The molecule has 2 aromatic carbocycles. The molecule has 1 aromatic heterocycles. The van der Waals surface area contributed by atoms with Crippen molar-refractivity contribution in [3.05, 3.63) is 69.8 Å². The topological polar surface area (TPSA) is 103 Å². The minimum atomic E-state index is -0.983. The van der Waals surface area contributed by atoms with E-state index in [0.717, 1.165) is 55.2 Å². The molecule has 29 heavy (non-hydrogen) atoms. The van der Waals surface area contributed by atoms with Gasteiger partial charge in [0.25, 0.3) is 5.91 Å². The molecule has 2 heterocycles. The van der Waals surface area contributed by atoms with Crippen molar-refractivity contribution in [1.29, 1.82) is 0 Å². The lowest BCUT2D eigenvalue weighted by Gasteiger charge is -2.09. The molecule has 9 heteroatoms. The zero-order chi connectivity index (χ0) is 20.4. The second-order valence-electron chi connectivity index (χ2n) is 6.86. The fourth-order valence-electron chi connectivity index (χ4n) is 3.40. The zero-order valence-electron chi connectivity index (χ0n) is 15.5. The number of benzene rings is 2. The van der Waals surface area contributed by atoms with Gasteiger partial charge in [-0.2, -0.15) is 4.39 Å². The molecule has 1 N–H and O–H groups in total. The number of halogens is 1. The summed E-state index contributed by atoms with van der Waals surface area (Å²) in [6, 6.07) is 10.2. The van der Waals surface area contributed by atoms with E-state index in [-0.39, 0.29) is 5.56 Å². The van der Waals surface area contributed by atoms with Crippen LogP contribution >= 0.6 is 0 Å². The number of aromatic nitrogens is 3. The van der Waals surface area contributed by atoms with Gasteiger partial charge in [0.2, 0.25) is 5.82 Å². The van der Waals surface area contributed by atoms with Crippen molar-refractivity contribution in [2.24, 2.45) is 0 Å². The van der Waals surface area contributed by atoms with Crippen LogP contribution in [0.2, 0.25) is 0 Å². The predicted octanol–water partition coefficient (Wildman–Crippen LogP) is 3.97. The average Bonchev–Trinajstić information content (AvgIpc) is 2.96. The van der Waals surface area contributed by atoms with Gasteiger partial charge in [-0.3, -0.25) is 14.9 Å². The summed E-state index contributed by atoms with van der Waals surface area (Å²) in [5, 5.41) is 22.1. The number of carbonyl (C=O) groups is 1. The predicted molar refractivity (Wildman–Crippen MR) is 104 cm³/mol. The molecule has 0 aliphatic carbocycles. The SMILES string of the molecule is O=C(Nc1ccc(-c2nnc3n2CCCCC3)cc1)c1ccc(F)c([N+](=O)[O-])c1. The van der Waals surface area contributed by atoms with E-state index in [9.17, 15) is 19.3 Å². The van der Waals surface area contributed by atoms with E-state index in [1.54, 1.807) is 12.1 Å². The number of fused-ring (bicyclic) bond motifs is 1. The van der Waals surface area contributed by atoms with Crippen LogP contribution in [0.3, 0.4) is 0 Å². The number of nitro groups is 1. The largest absolute Gasteiger partial charge is 0.322 e. The number of hydrogen-bond donors (Lipinski definition) is 1. The number of anilines is 1. The number of rotatable bonds is 4. The third-order valence-electron chi connectivity index (χ3n) is 4.92. The Morgan fingerprint density at radius 3 is 2.66 bits per heavy atom. The van der Waals surface area contributed by atoms with Crippen molar-refractivity contribution < 1.29 is 14.1 Å². The molecule has 1 aliphatic rings. The fraction of sp³-hybridized carbons (Fsp3) is 0.250. The molecule has 0 unspecified atom stereocenters. The first-order valence-corrected chi connectivity index (χ1v) is 9.31. The van der Waals surface area contributed by atoms with Crippen LogP contribution in [0, 0.1) is 15.9 Å². The minimum Gasteiger partial charge on any atom is -0.322 e. The Kier molecular flexibility index (Phi) is 5.03. The van der Waals surface area contributed by atoms with Crippen LogP contribution in [0.5, 0.6) is 0 Å². The Labute approximate surface area is 165 Å². The van der Waals surface area contributed by atoms with Crippen molar-refractivity contribution in [2.45, 2.75) is 32.2 Å². The molecule has 0 radical (unpaired) electrons. The summed E-state index contributed by atoms with van der Waals surface area (Å²) < 4.78 is 15.6. The number of nitrogens with one attached hydrogen (secondary N) is 1. The molecular formula is C20H18FN5O3. The highest BCUT2D eigenvalue weighted by Gasteiger charge is 2.18. The number of amides is 1. The van der Waals surface area contributed by atoms with Crippen LogP contribution in [0.4, 0.5) is 15.8 Å². The molecular weight excluding hydrogens is 377 g/mol. The number of aryl methyl sites for hydroxylation is 1. The van der Waals surface area contributed by atoms with Crippen molar-refractivity contribution in [2.75, 3.05) is 5.32 Å². The summed E-state index contributed by atoms with van der Waals surface area (Å²) in [5.74, 6) is 0.252. The third-order valence-corrected chi connectivity index (χ3v) is 4.92. The molecule has 3 aromatic rings. The Hall–Kier alpha value is -3.62. The van der Waals surface area contributed by atoms with Crippen LogP contribution in [-0.2, 0) is 13.0 Å². The highest BCUT2D eigenvalue weighted by Crippen LogP contribution is 2.24. The van der Waals surface area contributed by atoms with E-state index >= 15 is 0 Å². The fourth-order valence-corrected chi connectivity index (χ4v) is 3.40. The molecule has 1 aliphatic heterocycles. The second kappa shape index (κ2) is 7.78. The summed E-state index contributed by atoms with van der Waals surface area (Å²) >= 11 is 0. The van der Waals surface area contributed by atoms with Gasteiger partial charge in [0.1, 0.15) is 5.82 Å². The molecule has 0 saturated heterocycles. The van der Waals surface area contributed by atoms with Crippen molar-refractivity contribution >= 4 is 17.3 Å². The molecule has 0 atom stereocenters. The number of hydrogen-bond acceptors (Lipinski definition) is 5. The maximum Gasteiger partial charge on any atom is 0.305 e. The number of carbonyl (C=O) groups excluding carboxylic acids is 1. The summed E-state index contributed by atoms with van der Waals surface area (Å²) in [6.45, 7) is 0.888. The monoisotopic (exact) mass is 395 g/mol. The lowest BCUT2D eigenvalue weighted by atomic mass is 10.1. The van der Waals surface area contributed by atoms with Crippen LogP contribution in [0.15, 0.2) is 42.5 Å². The minimum absolute atomic E-state index is 0.00459. The lowest BCUT2D eigenvalue weighted by Crippen LogP contribution is -2.12. The number of nitro benzene ring substituents is 1. The Morgan fingerprint density at radius 1 is 1.10 bits per heavy atom. The Morgan fingerprint density at radius 2 is 1.90 bits per heavy atom. The normalized spacial score (nSPS) is 13.4. The van der Waals surface area contributed by atoms with Gasteiger partial charge in [-0.15, -0.1) is 10.2 Å². The Bertz CT molecular complexity index is 1080. The molecule has 0 spiro atoms. The maximum absolute atomic E-state index is 13.4. The molecule has 8 nitrogen and oxygen atoms in total. The highest BCUT2D eigenvalue weighted by molar-refractivity contribution is 6.04. The number of nitrogens with zero attached hydrogens (tertiary/aromatic N) is 4. The average molecular weight is 395 g/mol. The summed E-state index contributed by atoms with van der Waals surface area (Å²) in [7, 11) is 0. The van der Waals surface area contributed by atoms with Crippen LogP contribution in [0.1, 0.15) is 35.4 Å². The van der Waals surface area contributed by atoms with Crippen molar-refractivity contribution in [3.8, 4) is 11.4 Å².